The van der Waals surface area contributed by atoms with Gasteiger partial charge in [0.05, 0.1) is 6.10 Å². The largest absolute Gasteiger partial charge is 0.460 e. The Morgan fingerprint density at radius 2 is 1.28 bits per heavy atom. The summed E-state index contributed by atoms with van der Waals surface area (Å²) in [6, 6.07) is 1.46. The van der Waals surface area contributed by atoms with Crippen LogP contribution in [0.1, 0.15) is 90.4 Å². The maximum Gasteiger partial charge on any atom is 0.330 e. The maximum absolute atomic E-state index is 11.1. The molecular weight excluding hydrogens is 669 g/mol. The van der Waals surface area contributed by atoms with Crippen molar-refractivity contribution in [2.75, 3.05) is 0 Å². The molecule has 0 radical (unpaired) electrons. The fraction of sp³-hybridized carbons (Fsp3) is 0.842. The van der Waals surface area contributed by atoms with Gasteiger partial charge >= 0.3 is 5.97 Å². The lowest BCUT2D eigenvalue weighted by Gasteiger charge is -2.11. The maximum atomic E-state index is 11.1. The van der Waals surface area contributed by atoms with Crippen molar-refractivity contribution < 1.29 is 9.53 Å². The number of carbonyl (C=O) groups is 1. The lowest BCUT2D eigenvalue weighted by Crippen LogP contribution is -2.12. The van der Waals surface area contributed by atoms with E-state index in [9.17, 15) is 4.79 Å². The Bertz CT molecular complexity index is 346. The van der Waals surface area contributed by atoms with E-state index in [1.165, 1.54) is 82.7 Å². The third-order valence-corrected chi connectivity index (χ3v) is 10.1. The summed E-state index contributed by atoms with van der Waals surface area (Å²) in [5.74, 6) is -0.303. The first-order valence-electron chi connectivity index (χ1n) is 9.75. The van der Waals surface area contributed by atoms with Crippen LogP contribution in [0.2, 0.25) is 6.04 Å². The fourth-order valence-electron chi connectivity index (χ4n) is 2.83. The first kappa shape index (κ1) is 26.6. The lowest BCUT2D eigenvalue weighted by molar-refractivity contribution is -0.142. The summed E-state index contributed by atoms with van der Waals surface area (Å²) in [5.41, 5.74) is 0. The van der Waals surface area contributed by atoms with Crippen molar-refractivity contribution in [3.8, 4) is 0 Å². The average Bonchev–Trinajstić information content (AvgIpc) is 2.53. The van der Waals surface area contributed by atoms with E-state index in [1.54, 1.807) is 0 Å². The van der Waals surface area contributed by atoms with Gasteiger partial charge < -0.3 is 4.74 Å². The van der Waals surface area contributed by atoms with Crippen LogP contribution >= 0.6 is 65.4 Å². The van der Waals surface area contributed by atoms with E-state index in [1.807, 2.05) is 6.92 Å². The van der Waals surface area contributed by atoms with E-state index < -0.39 is 0.564 Å². The number of esters is 1. The number of carbonyl (C=O) groups excluding carboxylic acids is 1. The summed E-state index contributed by atoms with van der Waals surface area (Å²) in [7, 11) is 0. The van der Waals surface area contributed by atoms with E-state index in [2.05, 4.69) is 72.0 Å². The molecule has 0 amide bonds. The molecule has 0 heterocycles. The van der Waals surface area contributed by atoms with Crippen LogP contribution in [0.3, 0.4) is 0 Å². The van der Waals surface area contributed by atoms with E-state index in [-0.39, 0.29) is 12.1 Å². The lowest BCUT2D eigenvalue weighted by atomic mass is 10.0. The highest BCUT2D eigenvalue weighted by atomic mass is 127. The standard InChI is InChI=1S/C19H35I3O2Si/c1-3-19(23)24-18(2)16-14-12-10-8-6-4-5-7-9-11-13-15-17-25(20,21)22/h3,18H,1,4-17H2,2H3. The zero-order valence-corrected chi connectivity index (χ0v) is 23.2. The highest BCUT2D eigenvalue weighted by Crippen LogP contribution is 2.35. The van der Waals surface area contributed by atoms with Crippen molar-refractivity contribution in [2.45, 2.75) is 103 Å². The summed E-state index contributed by atoms with van der Waals surface area (Å²) < 4.78 is 4.28. The molecular formula is C19H35I3O2Si. The molecule has 0 aliphatic rings. The van der Waals surface area contributed by atoms with Crippen LogP contribution in [0.4, 0.5) is 0 Å². The number of unbranched alkanes of at least 4 members (excludes halogenated alkanes) is 11. The molecule has 25 heavy (non-hydrogen) atoms. The summed E-state index contributed by atoms with van der Waals surface area (Å²) >= 11 is 8.01. The summed E-state index contributed by atoms with van der Waals surface area (Å²) in [6.45, 7) is 5.38. The van der Waals surface area contributed by atoms with Gasteiger partial charge in [-0.1, -0.05) is 143 Å². The van der Waals surface area contributed by atoms with Gasteiger partial charge in [-0.2, -0.15) is 0 Å². The second kappa shape index (κ2) is 17.7. The van der Waals surface area contributed by atoms with E-state index >= 15 is 0 Å². The van der Waals surface area contributed by atoms with Gasteiger partial charge in [0.1, 0.15) is 0 Å². The van der Waals surface area contributed by atoms with Gasteiger partial charge in [-0.25, -0.2) is 4.79 Å². The van der Waals surface area contributed by atoms with Crippen molar-refractivity contribution >= 4 is 71.9 Å². The average molecular weight is 704 g/mol. The molecule has 0 aromatic heterocycles. The zero-order chi connectivity index (χ0) is 19.0. The molecule has 0 aromatic carbocycles. The summed E-state index contributed by atoms with van der Waals surface area (Å²) in [5, 5.41) is 0. The minimum atomic E-state index is -0.889. The van der Waals surface area contributed by atoms with E-state index in [4.69, 9.17) is 4.74 Å². The molecule has 0 spiro atoms. The molecule has 1 unspecified atom stereocenters. The Kier molecular flexibility index (Phi) is 18.8. The van der Waals surface area contributed by atoms with Gasteiger partial charge in [0.15, 0.2) is 0 Å². The Labute approximate surface area is 194 Å². The predicted molar refractivity (Wildman–Crippen MR) is 138 cm³/mol. The molecule has 0 aromatic rings. The molecule has 0 N–H and O–H groups in total. The third-order valence-electron chi connectivity index (χ3n) is 4.30. The van der Waals surface area contributed by atoms with Crippen molar-refractivity contribution in [1.82, 2.24) is 0 Å². The number of hydrogen-bond acceptors (Lipinski definition) is 2. The Hall–Kier alpha value is 1.62. The normalized spacial score (nSPS) is 12.8. The van der Waals surface area contributed by atoms with E-state index in [0.717, 1.165) is 12.8 Å². The highest BCUT2D eigenvalue weighted by Gasteiger charge is 2.19. The Morgan fingerprint density at radius 1 is 0.880 bits per heavy atom. The zero-order valence-electron chi connectivity index (χ0n) is 15.7. The van der Waals surface area contributed by atoms with Crippen LogP contribution in [0.25, 0.3) is 0 Å². The van der Waals surface area contributed by atoms with Crippen molar-refractivity contribution in [1.29, 1.82) is 0 Å². The SMILES string of the molecule is C=CC(=O)OC(C)CCCCCCCCCCCCCC[Si](I)(I)I. The molecule has 0 aliphatic carbocycles. The molecule has 0 rings (SSSR count). The predicted octanol–water partition coefficient (Wildman–Crippen LogP) is 8.42. The van der Waals surface area contributed by atoms with Gasteiger partial charge in [-0.05, 0) is 25.8 Å². The molecule has 0 aliphatic heterocycles. The molecule has 1 atom stereocenters. The Morgan fingerprint density at radius 3 is 1.68 bits per heavy atom. The van der Waals surface area contributed by atoms with E-state index in [0.29, 0.717) is 0 Å². The van der Waals surface area contributed by atoms with Crippen LogP contribution in [0, 0.1) is 0 Å². The summed E-state index contributed by atoms with van der Waals surface area (Å²) in [6.07, 6.45) is 18.7. The quantitative estimate of drug-likeness (QED) is 0.0380. The van der Waals surface area contributed by atoms with Crippen molar-refractivity contribution in [3.63, 3.8) is 0 Å². The van der Waals surface area contributed by atoms with Gasteiger partial charge in [0.2, 0.25) is 0 Å². The number of ether oxygens (including phenoxy) is 1. The molecule has 148 valence electrons. The number of hydrogen-bond donors (Lipinski definition) is 0. The van der Waals surface area contributed by atoms with Crippen LogP contribution < -0.4 is 0 Å². The van der Waals surface area contributed by atoms with Crippen LogP contribution in [-0.4, -0.2) is 12.6 Å². The molecule has 0 bridgehead atoms. The topological polar surface area (TPSA) is 26.3 Å². The van der Waals surface area contributed by atoms with Gasteiger partial charge in [0, 0.05) is 6.08 Å². The minimum Gasteiger partial charge on any atom is -0.460 e. The van der Waals surface area contributed by atoms with Gasteiger partial charge in [0.25, 0.3) is 0.564 Å². The summed E-state index contributed by atoms with van der Waals surface area (Å²) in [4.78, 5) is 11.1. The van der Waals surface area contributed by atoms with Gasteiger partial charge in [-0.3, -0.25) is 0 Å². The van der Waals surface area contributed by atoms with Crippen molar-refractivity contribution in [3.05, 3.63) is 12.7 Å². The fourth-order valence-corrected chi connectivity index (χ4v) is 6.91. The smallest absolute Gasteiger partial charge is 0.330 e. The van der Waals surface area contributed by atoms with Crippen LogP contribution in [-0.2, 0) is 9.53 Å². The Balaban J connectivity index is 3.19. The van der Waals surface area contributed by atoms with Crippen LogP contribution in [0.5, 0.6) is 0 Å². The third kappa shape index (κ3) is 21.8. The van der Waals surface area contributed by atoms with Crippen molar-refractivity contribution in [2.24, 2.45) is 0 Å². The molecule has 6 heteroatoms. The second-order valence-corrected chi connectivity index (χ2v) is 43.7. The minimum absolute atomic E-state index is 0.0231. The molecule has 2 nitrogen and oxygen atoms in total. The molecule has 0 fully saturated rings. The molecule has 0 saturated carbocycles. The second-order valence-electron chi connectivity index (χ2n) is 6.85. The number of rotatable bonds is 17. The first-order valence-corrected chi connectivity index (χ1v) is 21.3. The van der Waals surface area contributed by atoms with Gasteiger partial charge in [-0.15, -0.1) is 0 Å². The monoisotopic (exact) mass is 704 g/mol. The van der Waals surface area contributed by atoms with Crippen LogP contribution in [0.15, 0.2) is 12.7 Å². The highest BCUT2D eigenvalue weighted by molar-refractivity contribution is 14.4. The molecule has 0 saturated heterocycles. The number of halogens is 3. The first-order chi connectivity index (χ1) is 11.8.